The SMILES string of the molecule is c1ccc2cc(N(c3ccc4ccccc4c3)c3ccc4sc5c(-c6cccc7c6[nH]c6ccccc67)cccc5c4c3)ccc2c1. The molecule has 0 fully saturated rings. The van der Waals surface area contributed by atoms with E-state index < -0.39 is 0 Å². The van der Waals surface area contributed by atoms with Gasteiger partial charge in [0, 0.05) is 64.7 Å². The molecule has 0 radical (unpaired) electrons. The first kappa shape index (κ1) is 26.3. The van der Waals surface area contributed by atoms with Crippen molar-refractivity contribution in [1.29, 1.82) is 0 Å². The molecule has 0 atom stereocenters. The summed E-state index contributed by atoms with van der Waals surface area (Å²) in [6.45, 7) is 0. The lowest BCUT2D eigenvalue weighted by Gasteiger charge is -2.26. The van der Waals surface area contributed by atoms with Crippen LogP contribution in [0.2, 0.25) is 0 Å². The summed E-state index contributed by atoms with van der Waals surface area (Å²) in [5.74, 6) is 0. The number of benzene rings is 8. The second-order valence-corrected chi connectivity index (χ2v) is 13.3. The second kappa shape index (κ2) is 10.3. The minimum atomic E-state index is 1.14. The summed E-state index contributed by atoms with van der Waals surface area (Å²) in [6.07, 6.45) is 0. The lowest BCUT2D eigenvalue weighted by molar-refractivity contribution is 1.30. The van der Waals surface area contributed by atoms with Crippen molar-refractivity contribution in [2.45, 2.75) is 0 Å². The Bertz CT molecular complexity index is 2740. The number of thiophene rings is 1. The predicted molar refractivity (Wildman–Crippen MR) is 204 cm³/mol. The number of aromatic nitrogens is 1. The number of hydrogen-bond donors (Lipinski definition) is 1. The molecule has 10 rings (SSSR count). The Morgan fingerprint density at radius 2 is 0.979 bits per heavy atom. The molecule has 47 heavy (non-hydrogen) atoms. The zero-order valence-electron chi connectivity index (χ0n) is 25.4. The topological polar surface area (TPSA) is 19.0 Å². The Kier molecular flexibility index (Phi) is 5.78. The molecule has 1 N–H and O–H groups in total. The van der Waals surface area contributed by atoms with Crippen LogP contribution in [-0.4, -0.2) is 4.98 Å². The zero-order chi connectivity index (χ0) is 30.9. The summed E-state index contributed by atoms with van der Waals surface area (Å²) in [5.41, 5.74) is 8.30. The van der Waals surface area contributed by atoms with E-state index in [0.717, 1.165) is 17.1 Å². The fraction of sp³-hybridized carbons (Fsp3) is 0. The van der Waals surface area contributed by atoms with Crippen LogP contribution in [-0.2, 0) is 0 Å². The van der Waals surface area contributed by atoms with Crippen LogP contribution in [0, 0.1) is 0 Å². The van der Waals surface area contributed by atoms with E-state index in [2.05, 4.69) is 174 Å². The number of hydrogen-bond acceptors (Lipinski definition) is 2. The van der Waals surface area contributed by atoms with Crippen LogP contribution in [0.4, 0.5) is 17.1 Å². The number of nitrogens with zero attached hydrogens (tertiary/aromatic N) is 1. The van der Waals surface area contributed by atoms with E-state index in [-0.39, 0.29) is 0 Å². The standard InChI is InChI=1S/C44H28N2S/c1-3-11-30-25-32(21-19-28(30)9-1)46(33-22-20-29-10-2-4-12-31(29)26-33)34-23-24-42-40(27-34)39-17-8-16-38(44(39)47-42)37-15-7-14-36-35-13-5-6-18-41(35)45-43(36)37/h1-27,45H. The predicted octanol–water partition coefficient (Wildman–Crippen LogP) is 13.1. The fourth-order valence-electron chi connectivity index (χ4n) is 7.31. The molecule has 0 aliphatic carbocycles. The third-order valence-electron chi connectivity index (χ3n) is 9.55. The van der Waals surface area contributed by atoms with Gasteiger partial charge in [-0.05, 0) is 70.1 Å². The largest absolute Gasteiger partial charge is 0.354 e. The molecule has 3 heteroatoms. The van der Waals surface area contributed by atoms with Crippen molar-refractivity contribution >= 4 is 91.9 Å². The molecule has 10 aromatic rings. The van der Waals surface area contributed by atoms with Crippen molar-refractivity contribution in [3.8, 4) is 11.1 Å². The molecule has 8 aromatic carbocycles. The van der Waals surface area contributed by atoms with Crippen LogP contribution in [0.1, 0.15) is 0 Å². The van der Waals surface area contributed by atoms with Gasteiger partial charge in [-0.15, -0.1) is 11.3 Å². The second-order valence-electron chi connectivity index (χ2n) is 12.3. The van der Waals surface area contributed by atoms with E-state index in [4.69, 9.17) is 0 Å². The van der Waals surface area contributed by atoms with Crippen molar-refractivity contribution in [3.05, 3.63) is 164 Å². The maximum Gasteiger partial charge on any atom is 0.0545 e. The number of anilines is 3. The lowest BCUT2D eigenvalue weighted by atomic mass is 10.00. The average Bonchev–Trinajstić information content (AvgIpc) is 3.70. The highest BCUT2D eigenvalue weighted by molar-refractivity contribution is 7.26. The molecule has 0 aliphatic heterocycles. The van der Waals surface area contributed by atoms with Crippen molar-refractivity contribution in [2.75, 3.05) is 4.90 Å². The average molecular weight is 617 g/mol. The minimum Gasteiger partial charge on any atom is -0.354 e. The summed E-state index contributed by atoms with van der Waals surface area (Å²) in [7, 11) is 0. The molecule has 2 nitrogen and oxygen atoms in total. The molecule has 0 unspecified atom stereocenters. The number of H-pyrrole nitrogens is 1. The normalized spacial score (nSPS) is 11.8. The van der Waals surface area contributed by atoms with E-state index >= 15 is 0 Å². The number of nitrogens with one attached hydrogen (secondary N) is 1. The Labute approximate surface area is 275 Å². The van der Waals surface area contributed by atoms with Crippen LogP contribution in [0.25, 0.3) is 74.6 Å². The molecular weight excluding hydrogens is 589 g/mol. The quantitative estimate of drug-likeness (QED) is 0.208. The summed E-state index contributed by atoms with van der Waals surface area (Å²) < 4.78 is 2.60. The molecule has 0 spiro atoms. The van der Waals surface area contributed by atoms with Gasteiger partial charge in [-0.1, -0.05) is 115 Å². The maximum atomic E-state index is 3.73. The van der Waals surface area contributed by atoms with Gasteiger partial charge >= 0.3 is 0 Å². The highest BCUT2D eigenvalue weighted by Gasteiger charge is 2.18. The molecule has 0 amide bonds. The molecule has 2 heterocycles. The first-order valence-corrected chi connectivity index (χ1v) is 16.8. The van der Waals surface area contributed by atoms with E-state index in [9.17, 15) is 0 Å². The van der Waals surface area contributed by atoms with Gasteiger partial charge in [-0.25, -0.2) is 0 Å². The Hall–Kier alpha value is -5.90. The highest BCUT2D eigenvalue weighted by atomic mass is 32.1. The number of rotatable bonds is 4. The van der Waals surface area contributed by atoms with E-state index in [0.29, 0.717) is 0 Å². The zero-order valence-corrected chi connectivity index (χ0v) is 26.3. The van der Waals surface area contributed by atoms with Crippen LogP contribution in [0.5, 0.6) is 0 Å². The molecule has 0 aliphatic rings. The van der Waals surface area contributed by atoms with Crippen molar-refractivity contribution in [3.63, 3.8) is 0 Å². The fourth-order valence-corrected chi connectivity index (χ4v) is 8.52. The molecule has 220 valence electrons. The van der Waals surface area contributed by atoms with Gasteiger partial charge < -0.3 is 9.88 Å². The highest BCUT2D eigenvalue weighted by Crippen LogP contribution is 2.45. The molecule has 0 saturated heterocycles. The molecule has 2 aromatic heterocycles. The van der Waals surface area contributed by atoms with E-state index in [1.54, 1.807) is 0 Å². The minimum absolute atomic E-state index is 1.14. The first-order chi connectivity index (χ1) is 23.3. The van der Waals surface area contributed by atoms with Crippen LogP contribution >= 0.6 is 11.3 Å². The van der Waals surface area contributed by atoms with Crippen molar-refractivity contribution < 1.29 is 0 Å². The summed E-state index contributed by atoms with van der Waals surface area (Å²) in [4.78, 5) is 6.13. The van der Waals surface area contributed by atoms with Crippen molar-refractivity contribution in [2.24, 2.45) is 0 Å². The van der Waals surface area contributed by atoms with E-state index in [1.807, 2.05) is 11.3 Å². The summed E-state index contributed by atoms with van der Waals surface area (Å²) in [6, 6.07) is 59.7. The van der Waals surface area contributed by atoms with Crippen LogP contribution < -0.4 is 4.90 Å². The monoisotopic (exact) mass is 616 g/mol. The summed E-state index contributed by atoms with van der Waals surface area (Å²) in [5, 5.41) is 10.0. The third-order valence-corrected chi connectivity index (χ3v) is 10.8. The van der Waals surface area contributed by atoms with Gasteiger partial charge in [0.2, 0.25) is 0 Å². The molecular formula is C44H28N2S. The van der Waals surface area contributed by atoms with Crippen LogP contribution in [0.3, 0.4) is 0 Å². The van der Waals surface area contributed by atoms with Gasteiger partial charge in [0.25, 0.3) is 0 Å². The smallest absolute Gasteiger partial charge is 0.0545 e. The van der Waals surface area contributed by atoms with E-state index in [1.165, 1.54) is 74.6 Å². The first-order valence-electron chi connectivity index (χ1n) is 16.0. The van der Waals surface area contributed by atoms with Gasteiger partial charge in [0.1, 0.15) is 0 Å². The van der Waals surface area contributed by atoms with Gasteiger partial charge in [0.05, 0.1) is 5.52 Å². The van der Waals surface area contributed by atoms with Gasteiger partial charge in [-0.3, -0.25) is 0 Å². The Balaban J connectivity index is 1.18. The maximum absolute atomic E-state index is 3.73. The van der Waals surface area contributed by atoms with Gasteiger partial charge in [0.15, 0.2) is 0 Å². The molecule has 0 bridgehead atoms. The Morgan fingerprint density at radius 3 is 1.72 bits per heavy atom. The number of fused-ring (bicyclic) bond motifs is 8. The number of para-hydroxylation sites is 2. The molecule has 0 saturated carbocycles. The van der Waals surface area contributed by atoms with Gasteiger partial charge in [-0.2, -0.15) is 0 Å². The number of aromatic amines is 1. The lowest BCUT2D eigenvalue weighted by Crippen LogP contribution is -2.09. The Morgan fingerprint density at radius 1 is 0.404 bits per heavy atom. The van der Waals surface area contributed by atoms with Crippen molar-refractivity contribution in [1.82, 2.24) is 4.98 Å². The third kappa shape index (κ3) is 4.17. The van der Waals surface area contributed by atoms with Crippen LogP contribution in [0.15, 0.2) is 164 Å². The summed E-state index contributed by atoms with van der Waals surface area (Å²) >= 11 is 1.88.